The molecule has 0 saturated heterocycles. The van der Waals surface area contributed by atoms with E-state index in [9.17, 15) is 0 Å². The first-order valence-electron chi connectivity index (χ1n) is 22.5. The monoisotopic (exact) mass is 825 g/mol. The molecule has 2 heteroatoms. The van der Waals surface area contributed by atoms with E-state index in [-0.39, 0.29) is 0 Å². The van der Waals surface area contributed by atoms with Gasteiger partial charge in [-0.1, -0.05) is 194 Å². The Hall–Kier alpha value is -8.46. The average Bonchev–Trinajstić information content (AvgIpc) is 4.01. The van der Waals surface area contributed by atoms with E-state index >= 15 is 0 Å². The van der Waals surface area contributed by atoms with Crippen LogP contribution in [-0.4, -0.2) is 0 Å². The summed E-state index contributed by atoms with van der Waals surface area (Å²) < 4.78 is 6.99. The predicted octanol–water partition coefficient (Wildman–Crippen LogP) is 17.0. The fourth-order valence-corrected chi connectivity index (χ4v) is 11.7. The summed E-state index contributed by atoms with van der Waals surface area (Å²) in [6.45, 7) is 0. The maximum atomic E-state index is 6.99. The number of para-hydroxylation sites is 1. The third-order valence-electron chi connectivity index (χ3n) is 14.3. The van der Waals surface area contributed by atoms with Crippen LogP contribution in [0.2, 0.25) is 0 Å². The summed E-state index contributed by atoms with van der Waals surface area (Å²) in [5, 5.41) is 6.80. The number of furan rings is 1. The molecule has 11 aromatic carbocycles. The first kappa shape index (κ1) is 36.1. The molecule has 0 N–H and O–H groups in total. The molecule has 2 aliphatic rings. The molecule has 2 aliphatic carbocycles. The Morgan fingerprint density at radius 2 is 0.862 bits per heavy atom. The SMILES string of the molecule is c1ccc(N(c2cccc3ccccc23)c2cccc3oc4c5ccccc5c(-c5ccccc5-c5ccc6c(c5)C5(c7ccccc7-c7ccccc75)c5ccccc5-6)cc4c23)cc1. The molecule has 14 rings (SSSR count). The normalized spacial score (nSPS) is 13.0. The number of fused-ring (bicyclic) bond motifs is 16. The van der Waals surface area contributed by atoms with Crippen molar-refractivity contribution in [1.29, 1.82) is 0 Å². The highest BCUT2D eigenvalue weighted by Gasteiger charge is 2.51. The number of nitrogens with zero attached hydrogens (tertiary/aromatic N) is 1. The van der Waals surface area contributed by atoms with Crippen molar-refractivity contribution < 1.29 is 4.42 Å². The number of rotatable bonds is 5. The van der Waals surface area contributed by atoms with E-state index in [0.717, 1.165) is 49.8 Å². The lowest BCUT2D eigenvalue weighted by molar-refractivity contribution is 0.672. The second-order valence-electron chi connectivity index (χ2n) is 17.5. The Morgan fingerprint density at radius 3 is 1.58 bits per heavy atom. The maximum Gasteiger partial charge on any atom is 0.143 e. The quantitative estimate of drug-likeness (QED) is 0.172. The summed E-state index contributed by atoms with van der Waals surface area (Å²) in [5.41, 5.74) is 20.0. The van der Waals surface area contributed by atoms with Crippen LogP contribution >= 0.6 is 0 Å². The lowest BCUT2D eigenvalue weighted by Gasteiger charge is -2.30. The summed E-state index contributed by atoms with van der Waals surface area (Å²) in [4.78, 5) is 2.40. The highest BCUT2D eigenvalue weighted by atomic mass is 16.3. The zero-order valence-corrected chi connectivity index (χ0v) is 35.4. The minimum absolute atomic E-state index is 0.420. The standard InChI is InChI=1S/C63H39NO/c1-2-20-42(21-3-1)64(58-33-16-19-40-18-4-5-23-44(40)58)59-34-17-35-60-61(59)53-39-52(46-25-8-9-29-51(46)62(53)65-60)45-24-7-6-22-43(45)41-36-37-50-49-28-12-15-32-56(49)63(57(50)38-41)54-30-13-10-26-47(54)48-27-11-14-31-55(48)63/h1-39H. The van der Waals surface area contributed by atoms with Crippen molar-refractivity contribution in [3.05, 3.63) is 259 Å². The number of hydrogen-bond donors (Lipinski definition) is 0. The molecule has 302 valence electrons. The van der Waals surface area contributed by atoms with Gasteiger partial charge < -0.3 is 9.32 Å². The Bertz CT molecular complexity index is 3840. The second kappa shape index (κ2) is 13.8. The van der Waals surface area contributed by atoms with E-state index in [2.05, 4.69) is 241 Å². The van der Waals surface area contributed by atoms with Gasteiger partial charge in [-0.3, -0.25) is 0 Å². The van der Waals surface area contributed by atoms with Gasteiger partial charge in [0, 0.05) is 21.8 Å². The largest absolute Gasteiger partial charge is 0.455 e. The molecule has 0 saturated carbocycles. The third-order valence-corrected chi connectivity index (χ3v) is 14.3. The fraction of sp³-hybridized carbons (Fsp3) is 0.0159. The van der Waals surface area contributed by atoms with Crippen LogP contribution in [-0.2, 0) is 5.41 Å². The number of hydrogen-bond acceptors (Lipinski definition) is 2. The topological polar surface area (TPSA) is 16.4 Å². The minimum atomic E-state index is -0.420. The van der Waals surface area contributed by atoms with E-state index < -0.39 is 5.41 Å². The van der Waals surface area contributed by atoms with Gasteiger partial charge in [0.15, 0.2) is 0 Å². The van der Waals surface area contributed by atoms with Crippen LogP contribution in [0.15, 0.2) is 241 Å². The zero-order valence-electron chi connectivity index (χ0n) is 35.4. The molecule has 0 radical (unpaired) electrons. The molecule has 0 unspecified atom stereocenters. The van der Waals surface area contributed by atoms with Gasteiger partial charge in [-0.2, -0.15) is 0 Å². The van der Waals surface area contributed by atoms with E-state index in [1.165, 1.54) is 77.5 Å². The molecule has 1 spiro atoms. The molecule has 1 heterocycles. The summed E-state index contributed by atoms with van der Waals surface area (Å²) in [7, 11) is 0. The Morgan fingerprint density at radius 1 is 0.323 bits per heavy atom. The van der Waals surface area contributed by atoms with Crippen LogP contribution in [0.1, 0.15) is 22.3 Å². The highest BCUT2D eigenvalue weighted by Crippen LogP contribution is 2.63. The lowest BCUT2D eigenvalue weighted by Crippen LogP contribution is -2.25. The van der Waals surface area contributed by atoms with E-state index in [4.69, 9.17) is 4.42 Å². The molecular weight excluding hydrogens is 787 g/mol. The van der Waals surface area contributed by atoms with Crippen molar-refractivity contribution >= 4 is 60.5 Å². The number of anilines is 3. The highest BCUT2D eigenvalue weighted by molar-refractivity contribution is 6.23. The molecule has 0 aliphatic heterocycles. The van der Waals surface area contributed by atoms with Crippen molar-refractivity contribution in [1.82, 2.24) is 0 Å². The molecule has 2 nitrogen and oxygen atoms in total. The first-order chi connectivity index (χ1) is 32.3. The van der Waals surface area contributed by atoms with Crippen molar-refractivity contribution in [2.24, 2.45) is 0 Å². The smallest absolute Gasteiger partial charge is 0.143 e. The Labute approximate surface area is 376 Å². The Balaban J connectivity index is 1.02. The van der Waals surface area contributed by atoms with Crippen molar-refractivity contribution in [3.8, 4) is 44.5 Å². The molecule has 0 amide bonds. The summed E-state index contributed by atoms with van der Waals surface area (Å²) in [6, 6.07) is 86.9. The molecule has 1 aromatic heterocycles. The Kier molecular flexibility index (Phi) is 7.64. The van der Waals surface area contributed by atoms with Gasteiger partial charge >= 0.3 is 0 Å². The predicted molar refractivity (Wildman–Crippen MR) is 271 cm³/mol. The summed E-state index contributed by atoms with van der Waals surface area (Å²) in [6.07, 6.45) is 0. The van der Waals surface area contributed by atoms with E-state index in [1.807, 2.05) is 0 Å². The molecule has 0 bridgehead atoms. The lowest BCUT2D eigenvalue weighted by atomic mass is 9.70. The molecule has 0 atom stereocenters. The fourth-order valence-electron chi connectivity index (χ4n) is 11.7. The average molecular weight is 826 g/mol. The molecule has 0 fully saturated rings. The van der Waals surface area contributed by atoms with Crippen molar-refractivity contribution in [2.75, 3.05) is 4.90 Å². The summed E-state index contributed by atoms with van der Waals surface area (Å²) in [5.74, 6) is 0. The molecular formula is C63H39NO. The zero-order chi connectivity index (χ0) is 42.6. The van der Waals surface area contributed by atoms with Gasteiger partial charge in [0.2, 0.25) is 0 Å². The van der Waals surface area contributed by atoms with E-state index in [1.54, 1.807) is 0 Å². The van der Waals surface area contributed by atoms with Crippen molar-refractivity contribution in [3.63, 3.8) is 0 Å². The van der Waals surface area contributed by atoms with Crippen LogP contribution in [0, 0.1) is 0 Å². The molecule has 65 heavy (non-hydrogen) atoms. The maximum absolute atomic E-state index is 6.99. The van der Waals surface area contributed by atoms with Gasteiger partial charge in [-0.15, -0.1) is 0 Å². The van der Waals surface area contributed by atoms with Gasteiger partial charge in [0.1, 0.15) is 11.2 Å². The van der Waals surface area contributed by atoms with Crippen LogP contribution in [0.3, 0.4) is 0 Å². The van der Waals surface area contributed by atoms with Gasteiger partial charge in [-0.05, 0) is 120 Å². The van der Waals surface area contributed by atoms with Gasteiger partial charge in [0.25, 0.3) is 0 Å². The number of benzene rings is 11. The van der Waals surface area contributed by atoms with Crippen LogP contribution in [0.25, 0.3) is 88.0 Å². The minimum Gasteiger partial charge on any atom is -0.455 e. The third kappa shape index (κ3) is 4.99. The molecule has 12 aromatic rings. The van der Waals surface area contributed by atoms with E-state index in [0.29, 0.717) is 0 Å². The van der Waals surface area contributed by atoms with Gasteiger partial charge in [0.05, 0.1) is 22.2 Å². The van der Waals surface area contributed by atoms with Crippen LogP contribution < -0.4 is 4.90 Å². The van der Waals surface area contributed by atoms with Gasteiger partial charge in [-0.25, -0.2) is 0 Å². The van der Waals surface area contributed by atoms with Crippen molar-refractivity contribution in [2.45, 2.75) is 5.41 Å². The first-order valence-corrected chi connectivity index (χ1v) is 22.5. The summed E-state index contributed by atoms with van der Waals surface area (Å²) >= 11 is 0. The second-order valence-corrected chi connectivity index (χ2v) is 17.5. The van der Waals surface area contributed by atoms with Crippen LogP contribution in [0.4, 0.5) is 17.1 Å². The van der Waals surface area contributed by atoms with Crippen LogP contribution in [0.5, 0.6) is 0 Å².